The van der Waals surface area contributed by atoms with Crippen molar-refractivity contribution in [1.29, 1.82) is 5.26 Å². The zero-order valence-electron chi connectivity index (χ0n) is 20.2. The number of likely N-dealkylation sites (tertiary alicyclic amines) is 1. The number of nitrogens with one attached hydrogen (secondary N) is 1. The van der Waals surface area contributed by atoms with Gasteiger partial charge in [0.2, 0.25) is 0 Å². The van der Waals surface area contributed by atoms with Crippen LogP contribution in [-0.2, 0) is 6.18 Å². The van der Waals surface area contributed by atoms with Crippen LogP contribution in [0.2, 0.25) is 0 Å². The number of halogens is 4. The van der Waals surface area contributed by atoms with Gasteiger partial charge in [-0.1, -0.05) is 31.2 Å². The smallest absolute Gasteiger partial charge is 0.308 e. The lowest BCUT2D eigenvalue weighted by Gasteiger charge is -2.26. The van der Waals surface area contributed by atoms with Gasteiger partial charge in [-0.15, -0.1) is 0 Å². The van der Waals surface area contributed by atoms with E-state index in [4.69, 9.17) is 5.26 Å². The predicted octanol–water partition coefficient (Wildman–Crippen LogP) is 6.76. The number of amides is 2. The van der Waals surface area contributed by atoms with Gasteiger partial charge in [-0.25, -0.2) is 9.18 Å². The van der Waals surface area contributed by atoms with Crippen molar-refractivity contribution in [3.05, 3.63) is 83.7 Å². The van der Waals surface area contributed by atoms with E-state index >= 15 is 0 Å². The van der Waals surface area contributed by atoms with E-state index < -0.39 is 23.6 Å². The number of hydrogen-bond acceptors (Lipinski definition) is 3. The second kappa shape index (κ2) is 11.0. The maximum absolute atomic E-state index is 13.7. The van der Waals surface area contributed by atoms with Gasteiger partial charge in [0.1, 0.15) is 5.82 Å². The van der Waals surface area contributed by atoms with Gasteiger partial charge in [0, 0.05) is 31.0 Å². The molecule has 4 rings (SSSR count). The molecular weight excluding hydrogens is 484 g/mol. The second-order valence-electron chi connectivity index (χ2n) is 9.21. The van der Waals surface area contributed by atoms with Gasteiger partial charge in [0.25, 0.3) is 0 Å². The Kier molecular flexibility index (Phi) is 7.79. The lowest BCUT2D eigenvalue weighted by atomic mass is 10.0. The average Bonchev–Trinajstić information content (AvgIpc) is 3.30. The summed E-state index contributed by atoms with van der Waals surface area (Å²) in [5, 5.41) is 11.7. The van der Waals surface area contributed by atoms with Gasteiger partial charge < -0.3 is 10.2 Å². The number of carbonyl (C=O) groups is 1. The molecule has 37 heavy (non-hydrogen) atoms. The van der Waals surface area contributed by atoms with E-state index in [2.05, 4.69) is 23.2 Å². The van der Waals surface area contributed by atoms with Gasteiger partial charge in [-0.05, 0) is 72.5 Å². The lowest BCUT2D eigenvalue weighted by Crippen LogP contribution is -2.40. The number of carbonyl (C=O) groups excluding carboxylic acids is 1. The summed E-state index contributed by atoms with van der Waals surface area (Å²) in [6.45, 7) is 4.90. The predicted molar refractivity (Wildman–Crippen MR) is 135 cm³/mol. The van der Waals surface area contributed by atoms with E-state index in [0.29, 0.717) is 42.4 Å². The van der Waals surface area contributed by atoms with Crippen LogP contribution < -0.4 is 10.2 Å². The first-order valence-electron chi connectivity index (χ1n) is 11.9. The molecule has 2 amide bonds. The Labute approximate surface area is 212 Å². The van der Waals surface area contributed by atoms with Crippen LogP contribution in [-0.4, -0.2) is 37.1 Å². The van der Waals surface area contributed by atoms with Crippen LogP contribution >= 0.6 is 0 Å². The van der Waals surface area contributed by atoms with Crippen LogP contribution in [0.3, 0.4) is 0 Å². The highest BCUT2D eigenvalue weighted by molar-refractivity contribution is 6.02. The van der Waals surface area contributed by atoms with Crippen LogP contribution in [0.5, 0.6) is 0 Å². The molecule has 1 aliphatic heterocycles. The highest BCUT2D eigenvalue weighted by Gasteiger charge is 2.34. The molecule has 0 aliphatic carbocycles. The Bertz CT molecular complexity index is 1300. The fraction of sp³-hybridized carbons (Fsp3) is 0.286. The monoisotopic (exact) mass is 510 g/mol. The van der Waals surface area contributed by atoms with Crippen molar-refractivity contribution < 1.29 is 22.4 Å². The molecule has 1 saturated heterocycles. The minimum Gasteiger partial charge on any atom is -0.308 e. The molecule has 0 aromatic heterocycles. The fourth-order valence-electron chi connectivity index (χ4n) is 4.43. The second-order valence-corrected chi connectivity index (χ2v) is 9.21. The van der Waals surface area contributed by atoms with Crippen LogP contribution in [0.15, 0.2) is 66.7 Å². The zero-order valence-corrected chi connectivity index (χ0v) is 20.2. The van der Waals surface area contributed by atoms with Crippen molar-refractivity contribution in [2.75, 3.05) is 36.4 Å². The molecule has 1 unspecified atom stereocenters. The first kappa shape index (κ1) is 26.2. The average molecular weight is 511 g/mol. The lowest BCUT2D eigenvalue weighted by molar-refractivity contribution is -0.139. The first-order valence-corrected chi connectivity index (χ1v) is 11.9. The number of rotatable bonds is 6. The molecule has 0 bridgehead atoms. The summed E-state index contributed by atoms with van der Waals surface area (Å²) in [6, 6.07) is 18.2. The normalized spacial score (nSPS) is 15.8. The summed E-state index contributed by atoms with van der Waals surface area (Å²) in [4.78, 5) is 17.0. The molecule has 3 aromatic carbocycles. The zero-order chi connectivity index (χ0) is 26.6. The van der Waals surface area contributed by atoms with E-state index in [1.165, 1.54) is 4.90 Å². The van der Waals surface area contributed by atoms with E-state index in [-0.39, 0.29) is 5.69 Å². The van der Waals surface area contributed by atoms with E-state index in [1.54, 1.807) is 30.3 Å². The van der Waals surface area contributed by atoms with Crippen molar-refractivity contribution in [3.63, 3.8) is 0 Å². The third kappa shape index (κ3) is 6.46. The van der Waals surface area contributed by atoms with Crippen molar-refractivity contribution in [2.24, 2.45) is 5.92 Å². The quantitative estimate of drug-likeness (QED) is 0.373. The Morgan fingerprint density at radius 1 is 1.11 bits per heavy atom. The van der Waals surface area contributed by atoms with Crippen molar-refractivity contribution >= 4 is 17.4 Å². The van der Waals surface area contributed by atoms with Crippen molar-refractivity contribution in [3.8, 4) is 17.2 Å². The molecule has 192 valence electrons. The molecule has 0 saturated carbocycles. The minimum atomic E-state index is -4.88. The van der Waals surface area contributed by atoms with Gasteiger partial charge in [0.05, 0.1) is 17.2 Å². The summed E-state index contributed by atoms with van der Waals surface area (Å²) in [7, 11) is 0. The summed E-state index contributed by atoms with van der Waals surface area (Å²) < 4.78 is 53.2. The standard InChI is InChI=1S/C28H26F4N4O/c1-19-11-12-35(18-19)13-14-36(27(37)34-23-7-10-26(29)25(16-23)28(30,31)32)24-8-5-21(6-9-24)22-4-2-3-20(15-22)17-33/h2-10,15-16,19H,11-14,18H2,1H3,(H,34,37). The summed E-state index contributed by atoms with van der Waals surface area (Å²) in [5.41, 5.74) is 1.19. The number of hydrogen-bond donors (Lipinski definition) is 1. The number of nitrogens with zero attached hydrogens (tertiary/aromatic N) is 3. The molecule has 1 N–H and O–H groups in total. The molecule has 1 fully saturated rings. The topological polar surface area (TPSA) is 59.4 Å². The molecule has 0 spiro atoms. The molecule has 9 heteroatoms. The molecular formula is C28H26F4N4O. The summed E-state index contributed by atoms with van der Waals surface area (Å²) in [5.74, 6) is -0.840. The first-order chi connectivity index (χ1) is 17.6. The van der Waals surface area contributed by atoms with Crippen LogP contribution in [0.25, 0.3) is 11.1 Å². The third-order valence-corrected chi connectivity index (χ3v) is 6.42. The van der Waals surface area contributed by atoms with Gasteiger partial charge in [-0.3, -0.25) is 4.90 Å². The number of anilines is 2. The van der Waals surface area contributed by atoms with Gasteiger partial charge in [0.15, 0.2) is 0 Å². The number of urea groups is 1. The fourth-order valence-corrected chi connectivity index (χ4v) is 4.43. The molecule has 1 aliphatic rings. The number of alkyl halides is 3. The van der Waals surface area contributed by atoms with Crippen LogP contribution in [0, 0.1) is 23.1 Å². The van der Waals surface area contributed by atoms with E-state index in [9.17, 15) is 22.4 Å². The summed E-state index contributed by atoms with van der Waals surface area (Å²) >= 11 is 0. The molecule has 3 aromatic rings. The Morgan fingerprint density at radius 3 is 2.51 bits per heavy atom. The minimum absolute atomic E-state index is 0.150. The molecule has 1 atom stereocenters. The van der Waals surface area contributed by atoms with Crippen molar-refractivity contribution in [1.82, 2.24) is 4.90 Å². The highest BCUT2D eigenvalue weighted by Crippen LogP contribution is 2.33. The Hall–Kier alpha value is -3.90. The Morgan fingerprint density at radius 2 is 1.86 bits per heavy atom. The maximum Gasteiger partial charge on any atom is 0.419 e. The SMILES string of the molecule is CC1CCN(CCN(C(=O)Nc2ccc(F)c(C(F)(F)F)c2)c2ccc(-c3cccc(C#N)c3)cc2)C1. The Balaban J connectivity index is 1.58. The van der Waals surface area contributed by atoms with E-state index in [0.717, 1.165) is 36.7 Å². The number of nitriles is 1. The third-order valence-electron chi connectivity index (χ3n) is 6.42. The van der Waals surface area contributed by atoms with Gasteiger partial charge >= 0.3 is 12.2 Å². The summed E-state index contributed by atoms with van der Waals surface area (Å²) in [6.07, 6.45) is -3.81. The number of benzene rings is 3. The van der Waals surface area contributed by atoms with Gasteiger partial charge in [-0.2, -0.15) is 18.4 Å². The molecule has 1 heterocycles. The van der Waals surface area contributed by atoms with Crippen LogP contribution in [0.4, 0.5) is 33.7 Å². The van der Waals surface area contributed by atoms with E-state index in [1.807, 2.05) is 18.2 Å². The molecule has 0 radical (unpaired) electrons. The molecule has 5 nitrogen and oxygen atoms in total. The van der Waals surface area contributed by atoms with Crippen molar-refractivity contribution in [2.45, 2.75) is 19.5 Å². The largest absolute Gasteiger partial charge is 0.419 e. The maximum atomic E-state index is 13.7. The highest BCUT2D eigenvalue weighted by atomic mass is 19.4. The van der Waals surface area contributed by atoms with Crippen LogP contribution in [0.1, 0.15) is 24.5 Å².